The van der Waals surface area contributed by atoms with Gasteiger partial charge in [0.2, 0.25) is 0 Å². The number of benzene rings is 1. The third-order valence-electron chi connectivity index (χ3n) is 2.75. The van der Waals surface area contributed by atoms with E-state index in [4.69, 9.17) is 0 Å². The summed E-state index contributed by atoms with van der Waals surface area (Å²) >= 11 is 0. The molecule has 3 heteroatoms. The van der Waals surface area contributed by atoms with E-state index in [1.54, 1.807) is 0 Å². The number of hydrogen-bond donors (Lipinski definition) is 1. The molecular weight excluding hydrogens is 210 g/mol. The van der Waals surface area contributed by atoms with Gasteiger partial charge >= 0.3 is 0 Å². The van der Waals surface area contributed by atoms with Gasteiger partial charge < -0.3 is 5.32 Å². The third kappa shape index (κ3) is 3.17. The summed E-state index contributed by atoms with van der Waals surface area (Å²) in [5.74, 6) is 0. The highest BCUT2D eigenvalue weighted by Gasteiger charge is 2.00. The van der Waals surface area contributed by atoms with Gasteiger partial charge in [-0.3, -0.25) is 4.68 Å². The number of nitrogens with zero attached hydrogens (tertiary/aromatic N) is 2. The van der Waals surface area contributed by atoms with E-state index in [0.29, 0.717) is 0 Å². The normalized spacial score (nSPS) is 10.7. The first-order valence-corrected chi connectivity index (χ1v) is 6.08. The lowest BCUT2D eigenvalue weighted by molar-refractivity contribution is 0.675. The minimum atomic E-state index is 0.946. The third-order valence-corrected chi connectivity index (χ3v) is 2.75. The average molecular weight is 229 g/mol. The molecule has 0 aliphatic heterocycles. The topological polar surface area (TPSA) is 29.9 Å². The minimum Gasteiger partial charge on any atom is -0.313 e. The van der Waals surface area contributed by atoms with Gasteiger partial charge in [0.05, 0.1) is 6.20 Å². The number of nitrogens with one attached hydrogen (secondary N) is 1. The Morgan fingerprint density at radius 2 is 1.94 bits per heavy atom. The molecule has 0 amide bonds. The first kappa shape index (κ1) is 11.9. The molecule has 0 aliphatic carbocycles. The predicted octanol–water partition coefficient (Wildman–Crippen LogP) is 2.59. The SMILES string of the molecule is CCCNCc1ccc(-c2cnn(C)c2)cc1. The van der Waals surface area contributed by atoms with Gasteiger partial charge in [-0.1, -0.05) is 31.2 Å². The van der Waals surface area contributed by atoms with Gasteiger partial charge in [-0.25, -0.2) is 0 Å². The smallest absolute Gasteiger partial charge is 0.0568 e. The molecule has 1 aromatic carbocycles. The molecule has 0 fully saturated rings. The van der Waals surface area contributed by atoms with E-state index in [1.165, 1.54) is 23.1 Å². The van der Waals surface area contributed by atoms with Crippen LogP contribution in [0.2, 0.25) is 0 Å². The minimum absolute atomic E-state index is 0.946. The molecule has 3 nitrogen and oxygen atoms in total. The van der Waals surface area contributed by atoms with Crippen molar-refractivity contribution < 1.29 is 0 Å². The lowest BCUT2D eigenvalue weighted by atomic mass is 10.1. The Labute approximate surface area is 102 Å². The van der Waals surface area contributed by atoms with Gasteiger partial charge in [-0.05, 0) is 24.1 Å². The Morgan fingerprint density at radius 1 is 1.18 bits per heavy atom. The largest absolute Gasteiger partial charge is 0.313 e. The van der Waals surface area contributed by atoms with Crippen molar-refractivity contribution in [1.82, 2.24) is 15.1 Å². The maximum absolute atomic E-state index is 4.18. The van der Waals surface area contributed by atoms with Gasteiger partial charge in [0, 0.05) is 25.4 Å². The summed E-state index contributed by atoms with van der Waals surface area (Å²) < 4.78 is 1.83. The molecule has 0 atom stereocenters. The van der Waals surface area contributed by atoms with Crippen LogP contribution >= 0.6 is 0 Å². The van der Waals surface area contributed by atoms with Crippen LogP contribution < -0.4 is 5.32 Å². The first-order valence-electron chi connectivity index (χ1n) is 6.08. The second-order valence-corrected chi connectivity index (χ2v) is 4.28. The van der Waals surface area contributed by atoms with Crippen LogP contribution in [0.4, 0.5) is 0 Å². The van der Waals surface area contributed by atoms with Crippen molar-refractivity contribution in [2.24, 2.45) is 7.05 Å². The summed E-state index contributed by atoms with van der Waals surface area (Å²) in [6, 6.07) is 8.65. The summed E-state index contributed by atoms with van der Waals surface area (Å²) in [6.07, 6.45) is 5.10. The zero-order valence-electron chi connectivity index (χ0n) is 10.5. The second kappa shape index (κ2) is 5.64. The van der Waals surface area contributed by atoms with E-state index < -0.39 is 0 Å². The molecule has 0 saturated carbocycles. The van der Waals surface area contributed by atoms with Crippen LogP contribution in [0.3, 0.4) is 0 Å². The second-order valence-electron chi connectivity index (χ2n) is 4.28. The van der Waals surface area contributed by atoms with Crippen LogP contribution in [0.1, 0.15) is 18.9 Å². The highest BCUT2D eigenvalue weighted by Crippen LogP contribution is 2.18. The molecule has 2 rings (SSSR count). The van der Waals surface area contributed by atoms with Crippen molar-refractivity contribution in [2.75, 3.05) is 6.54 Å². The summed E-state index contributed by atoms with van der Waals surface area (Å²) in [7, 11) is 1.94. The zero-order chi connectivity index (χ0) is 12.1. The van der Waals surface area contributed by atoms with E-state index >= 15 is 0 Å². The standard InChI is InChI=1S/C14H19N3/c1-3-8-15-9-12-4-6-13(7-5-12)14-10-16-17(2)11-14/h4-7,10-11,15H,3,8-9H2,1-2H3. The average Bonchev–Trinajstić information content (AvgIpc) is 2.77. The summed E-state index contributed by atoms with van der Waals surface area (Å²) in [4.78, 5) is 0. The number of aryl methyl sites for hydroxylation is 1. The van der Waals surface area contributed by atoms with Crippen LogP contribution in [0.5, 0.6) is 0 Å². The lowest BCUT2D eigenvalue weighted by Gasteiger charge is -2.04. The van der Waals surface area contributed by atoms with E-state index in [-0.39, 0.29) is 0 Å². The molecule has 0 aliphatic rings. The quantitative estimate of drug-likeness (QED) is 0.799. The van der Waals surface area contributed by atoms with Crippen molar-refractivity contribution >= 4 is 0 Å². The van der Waals surface area contributed by atoms with Crippen LogP contribution in [0, 0.1) is 0 Å². The van der Waals surface area contributed by atoms with Gasteiger partial charge in [0.25, 0.3) is 0 Å². The van der Waals surface area contributed by atoms with Gasteiger partial charge in [0.1, 0.15) is 0 Å². The molecule has 17 heavy (non-hydrogen) atoms. The highest BCUT2D eigenvalue weighted by atomic mass is 15.2. The summed E-state index contributed by atoms with van der Waals surface area (Å²) in [5, 5.41) is 7.58. The van der Waals surface area contributed by atoms with Crippen molar-refractivity contribution in [3.63, 3.8) is 0 Å². The molecule has 1 aromatic heterocycles. The van der Waals surface area contributed by atoms with E-state index in [0.717, 1.165) is 13.1 Å². The molecule has 2 aromatic rings. The molecule has 1 N–H and O–H groups in total. The van der Waals surface area contributed by atoms with E-state index in [1.807, 2.05) is 24.1 Å². The van der Waals surface area contributed by atoms with Gasteiger partial charge in [-0.2, -0.15) is 5.10 Å². The highest BCUT2D eigenvalue weighted by molar-refractivity contribution is 5.61. The Balaban J connectivity index is 2.02. The van der Waals surface area contributed by atoms with Crippen LogP contribution in [0.25, 0.3) is 11.1 Å². The van der Waals surface area contributed by atoms with E-state index in [9.17, 15) is 0 Å². The van der Waals surface area contributed by atoms with Crippen molar-refractivity contribution in [2.45, 2.75) is 19.9 Å². The lowest BCUT2D eigenvalue weighted by Crippen LogP contribution is -2.13. The fourth-order valence-corrected chi connectivity index (χ4v) is 1.79. The summed E-state index contributed by atoms with van der Waals surface area (Å²) in [6.45, 7) is 4.20. The van der Waals surface area contributed by atoms with Crippen LogP contribution in [-0.2, 0) is 13.6 Å². The monoisotopic (exact) mass is 229 g/mol. The van der Waals surface area contributed by atoms with Gasteiger partial charge in [-0.15, -0.1) is 0 Å². The number of aromatic nitrogens is 2. The Hall–Kier alpha value is -1.61. The zero-order valence-corrected chi connectivity index (χ0v) is 10.5. The van der Waals surface area contributed by atoms with Crippen molar-refractivity contribution in [3.8, 4) is 11.1 Å². The Morgan fingerprint density at radius 3 is 2.53 bits per heavy atom. The van der Waals surface area contributed by atoms with Crippen molar-refractivity contribution in [3.05, 3.63) is 42.2 Å². The molecule has 90 valence electrons. The molecule has 0 bridgehead atoms. The number of rotatable bonds is 5. The van der Waals surface area contributed by atoms with Crippen LogP contribution in [-0.4, -0.2) is 16.3 Å². The maximum Gasteiger partial charge on any atom is 0.0568 e. The van der Waals surface area contributed by atoms with Crippen molar-refractivity contribution in [1.29, 1.82) is 0 Å². The fraction of sp³-hybridized carbons (Fsp3) is 0.357. The van der Waals surface area contributed by atoms with Crippen LogP contribution in [0.15, 0.2) is 36.7 Å². The first-order chi connectivity index (χ1) is 8.29. The van der Waals surface area contributed by atoms with E-state index in [2.05, 4.69) is 41.6 Å². The van der Waals surface area contributed by atoms with Gasteiger partial charge in [0.15, 0.2) is 0 Å². The maximum atomic E-state index is 4.18. The predicted molar refractivity (Wildman–Crippen MR) is 70.6 cm³/mol. The molecule has 0 saturated heterocycles. The molecule has 0 radical (unpaired) electrons. The number of hydrogen-bond acceptors (Lipinski definition) is 2. The Kier molecular flexibility index (Phi) is 3.94. The molecule has 1 heterocycles. The summed E-state index contributed by atoms with van der Waals surface area (Å²) in [5.41, 5.74) is 3.71. The molecule has 0 spiro atoms. The molecule has 0 unspecified atom stereocenters. The fourth-order valence-electron chi connectivity index (χ4n) is 1.79. The Bertz CT molecular complexity index is 457. The molecular formula is C14H19N3.